The fourth-order valence-corrected chi connectivity index (χ4v) is 11.0. The van der Waals surface area contributed by atoms with Gasteiger partial charge in [0, 0.05) is 6.42 Å². The second-order valence-corrected chi connectivity index (χ2v) is 36.8. The van der Waals surface area contributed by atoms with Crippen molar-refractivity contribution in [3.05, 3.63) is 59.1 Å². The van der Waals surface area contributed by atoms with Crippen LogP contribution in [-0.4, -0.2) is 91.0 Å². The number of carbonyl (C=O) groups is 1. The van der Waals surface area contributed by atoms with Crippen LogP contribution in [0.15, 0.2) is 53.5 Å². The van der Waals surface area contributed by atoms with Crippen LogP contribution in [0.3, 0.4) is 0 Å². The number of aliphatic hydroxyl groups is 1. The Hall–Kier alpha value is -0.939. The summed E-state index contributed by atoms with van der Waals surface area (Å²) < 4.78 is 43.4. The number of rotatable bonds is 18. The van der Waals surface area contributed by atoms with E-state index >= 15 is 0 Å². The zero-order valence-electron chi connectivity index (χ0n) is 39.1. The maximum absolute atomic E-state index is 13.0. The van der Waals surface area contributed by atoms with Gasteiger partial charge in [-0.25, -0.2) is 4.79 Å². The number of aliphatic hydroxyl groups excluding tert-OH is 1. The molecule has 8 nitrogen and oxygen atoms in total. The maximum atomic E-state index is 13.0. The predicted octanol–water partition coefficient (Wildman–Crippen LogP) is 12.5. The topological polar surface area (TPSA) is 92.7 Å². The Morgan fingerprint density at radius 2 is 1.40 bits per heavy atom. The highest BCUT2D eigenvalue weighted by molar-refractivity contribution is 9.11. The van der Waals surface area contributed by atoms with Crippen LogP contribution in [0.5, 0.6) is 0 Å². The Bertz CT molecular complexity index is 1500. The number of fused-ring (bicyclic) bond motifs is 1. The molecular formula is C46H81BrO8Si3. The third kappa shape index (κ3) is 14.0. The van der Waals surface area contributed by atoms with Gasteiger partial charge in [-0.1, -0.05) is 129 Å². The van der Waals surface area contributed by atoms with Crippen molar-refractivity contribution >= 4 is 46.9 Å². The summed E-state index contributed by atoms with van der Waals surface area (Å²) in [7, 11) is -7.18. The average Bonchev–Trinajstić information content (AvgIpc) is 3.08. The molecule has 0 radical (unpaired) electrons. The number of halogens is 1. The third-order valence-corrected chi connectivity index (χ3v) is 27.2. The summed E-state index contributed by atoms with van der Waals surface area (Å²) in [4.78, 5) is 13.0. The van der Waals surface area contributed by atoms with Gasteiger partial charge >= 0.3 is 5.97 Å². The summed E-state index contributed by atoms with van der Waals surface area (Å²) in [5.74, 6) is -0.394. The molecule has 1 N–H and O–H groups in total. The molecule has 2 fully saturated rings. The first kappa shape index (κ1) is 51.4. The lowest BCUT2D eigenvalue weighted by molar-refractivity contribution is -0.267. The number of carbonyl (C=O) groups excluding carboxylic acids is 1. The predicted molar refractivity (Wildman–Crippen MR) is 250 cm³/mol. The molecule has 332 valence electrons. The van der Waals surface area contributed by atoms with Crippen LogP contribution < -0.4 is 0 Å². The Morgan fingerprint density at radius 3 is 1.91 bits per heavy atom. The molecule has 0 amide bonds. The Kier molecular flexibility index (Phi) is 18.2. The molecule has 2 saturated heterocycles. The van der Waals surface area contributed by atoms with Gasteiger partial charge in [-0.2, -0.15) is 0 Å². The van der Waals surface area contributed by atoms with E-state index in [4.69, 9.17) is 27.5 Å². The minimum atomic E-state index is -2.42. The summed E-state index contributed by atoms with van der Waals surface area (Å²) in [6, 6.07) is 8.98. The van der Waals surface area contributed by atoms with Crippen LogP contribution in [0.2, 0.25) is 54.4 Å². The van der Waals surface area contributed by atoms with Crippen LogP contribution in [0.25, 0.3) is 0 Å². The van der Waals surface area contributed by atoms with Gasteiger partial charge < -0.3 is 32.6 Å². The van der Waals surface area contributed by atoms with Gasteiger partial charge in [-0.3, -0.25) is 0 Å². The van der Waals surface area contributed by atoms with E-state index in [2.05, 4.69) is 131 Å². The number of benzene rings is 1. The number of ether oxygens (including phenoxy) is 3. The second kappa shape index (κ2) is 20.5. The van der Waals surface area contributed by atoms with E-state index in [1.807, 2.05) is 30.4 Å². The van der Waals surface area contributed by atoms with E-state index in [1.165, 1.54) is 0 Å². The molecule has 2 aliphatic heterocycles. The van der Waals surface area contributed by atoms with Crippen molar-refractivity contribution in [1.82, 2.24) is 0 Å². The van der Waals surface area contributed by atoms with Gasteiger partial charge in [0.15, 0.2) is 25.0 Å². The van der Waals surface area contributed by atoms with E-state index < -0.39 is 61.4 Å². The van der Waals surface area contributed by atoms with E-state index in [9.17, 15) is 9.90 Å². The Morgan fingerprint density at radius 1 is 0.845 bits per heavy atom. The van der Waals surface area contributed by atoms with Crippen LogP contribution in [-0.2, 0) is 27.5 Å². The third-order valence-electron chi connectivity index (χ3n) is 13.5. The van der Waals surface area contributed by atoms with Gasteiger partial charge in [0.1, 0.15) is 30.5 Å². The molecule has 0 aliphatic carbocycles. The van der Waals surface area contributed by atoms with Crippen molar-refractivity contribution in [2.24, 2.45) is 0 Å². The SMILES string of the molecule is C=C(Br)C[C@@H](CCC(O)/C=C/[C@H](O[Si](C)(C)C(C)(C)C)[C@@H]1O[C@H]2CCC(CCC)O[C@@H]2[C@H](O[Si](C)(C)C(C)(C)C)[C@@H]1O[Si](C)(C)C(C)(C)C)OC(=O)c1ccccc1. The quantitative estimate of drug-likeness (QED) is 0.0884. The van der Waals surface area contributed by atoms with E-state index in [0.717, 1.165) is 30.2 Å². The summed E-state index contributed by atoms with van der Waals surface area (Å²) in [6.07, 6.45) is 5.51. The normalized spacial score (nSPS) is 25.6. The highest BCUT2D eigenvalue weighted by Crippen LogP contribution is 2.47. The van der Waals surface area contributed by atoms with Crippen molar-refractivity contribution < 1.29 is 37.4 Å². The van der Waals surface area contributed by atoms with E-state index in [0.29, 0.717) is 24.8 Å². The fourth-order valence-electron chi connectivity index (χ4n) is 6.75. The Labute approximate surface area is 365 Å². The van der Waals surface area contributed by atoms with Gasteiger partial charge in [0.2, 0.25) is 0 Å². The lowest BCUT2D eigenvalue weighted by atomic mass is 9.87. The minimum Gasteiger partial charge on any atom is -0.458 e. The first-order valence-corrected chi connectivity index (χ1v) is 31.3. The molecule has 58 heavy (non-hydrogen) atoms. The molecule has 9 atom stereocenters. The Balaban J connectivity index is 2.10. The minimum absolute atomic E-state index is 0.0369. The van der Waals surface area contributed by atoms with Crippen molar-refractivity contribution in [3.63, 3.8) is 0 Å². The van der Waals surface area contributed by atoms with Gasteiger partial charge in [-0.15, -0.1) is 0 Å². The lowest BCUT2D eigenvalue weighted by Gasteiger charge is -2.56. The monoisotopic (exact) mass is 924 g/mol. The highest BCUT2D eigenvalue weighted by Gasteiger charge is 2.57. The van der Waals surface area contributed by atoms with Crippen molar-refractivity contribution in [3.8, 4) is 0 Å². The molecule has 1 aromatic rings. The summed E-state index contributed by atoms with van der Waals surface area (Å²) in [6.45, 7) is 40.4. The zero-order chi connectivity index (χ0) is 44.1. The number of hydrogen-bond acceptors (Lipinski definition) is 8. The van der Waals surface area contributed by atoms with Gasteiger partial charge in [-0.05, 0) is 103 Å². The van der Waals surface area contributed by atoms with Gasteiger partial charge in [0.05, 0.1) is 30.0 Å². The molecule has 0 bridgehead atoms. The smallest absolute Gasteiger partial charge is 0.338 e. The lowest BCUT2D eigenvalue weighted by Crippen LogP contribution is -2.69. The summed E-state index contributed by atoms with van der Waals surface area (Å²) in [5, 5.41) is 11.4. The number of hydrogen-bond donors (Lipinski definition) is 1. The molecule has 2 heterocycles. The molecule has 12 heteroatoms. The molecule has 0 saturated carbocycles. The summed E-state index contributed by atoms with van der Waals surface area (Å²) in [5.41, 5.74) is 0.489. The van der Waals surface area contributed by atoms with Crippen molar-refractivity contribution in [2.45, 2.75) is 224 Å². The van der Waals surface area contributed by atoms with Crippen LogP contribution >= 0.6 is 15.9 Å². The average molecular weight is 926 g/mol. The fraction of sp³-hybridized carbons (Fsp3) is 0.761. The van der Waals surface area contributed by atoms with Gasteiger partial charge in [0.25, 0.3) is 0 Å². The van der Waals surface area contributed by atoms with Crippen LogP contribution in [0, 0.1) is 0 Å². The van der Waals surface area contributed by atoms with Crippen molar-refractivity contribution in [2.75, 3.05) is 0 Å². The molecule has 2 aliphatic rings. The first-order chi connectivity index (χ1) is 26.5. The largest absolute Gasteiger partial charge is 0.458 e. The maximum Gasteiger partial charge on any atom is 0.338 e. The van der Waals surface area contributed by atoms with Crippen molar-refractivity contribution in [1.29, 1.82) is 0 Å². The number of esters is 1. The molecular weight excluding hydrogens is 845 g/mol. The first-order valence-electron chi connectivity index (χ1n) is 21.8. The summed E-state index contributed by atoms with van der Waals surface area (Å²) >= 11 is 3.46. The second-order valence-electron chi connectivity index (χ2n) is 21.4. The van der Waals surface area contributed by atoms with E-state index in [-0.39, 0.29) is 39.5 Å². The van der Waals surface area contributed by atoms with Crippen LogP contribution in [0.1, 0.15) is 125 Å². The molecule has 1 aromatic carbocycles. The molecule has 0 aromatic heterocycles. The van der Waals surface area contributed by atoms with E-state index in [1.54, 1.807) is 12.1 Å². The molecule has 2 unspecified atom stereocenters. The molecule has 0 spiro atoms. The highest BCUT2D eigenvalue weighted by atomic mass is 79.9. The standard InChI is InChI=1S/C46H81BrO8Si3/c1-18-22-35-28-30-37-39(50-35)41(54-57(14,15)45(6,7)8)42(55-58(16,17)46(9,10)11)40(52-37)38(53-56(12,13)44(3,4)5)29-26-34(48)25-27-36(31-32(2)47)51-43(49)33-23-20-19-21-24-33/h19-21,23-24,26,29,34-42,48H,2,18,22,25,27-28,30-31H2,1,3-17H3/b29-26+/t34?,35?,36-,37+,38+,39+,40+,41+,42-/m1/s1. The van der Waals surface area contributed by atoms with Crippen LogP contribution in [0.4, 0.5) is 0 Å². The molecule has 3 rings (SSSR count). The zero-order valence-corrected chi connectivity index (χ0v) is 43.7.